The van der Waals surface area contributed by atoms with Crippen molar-refractivity contribution in [3.8, 4) is 0 Å². The molecule has 0 fully saturated rings. The first-order valence-electron chi connectivity index (χ1n) is 9.77. The first-order chi connectivity index (χ1) is 12.5. The van der Waals surface area contributed by atoms with Crippen LogP contribution in [0.5, 0.6) is 0 Å². The van der Waals surface area contributed by atoms with Crippen molar-refractivity contribution in [2.45, 2.75) is 78.1 Å². The van der Waals surface area contributed by atoms with Gasteiger partial charge in [0.15, 0.2) is 0 Å². The lowest BCUT2D eigenvalue weighted by molar-refractivity contribution is -0.141. The monoisotopic (exact) mass is 458 g/mol. The topological polar surface area (TPSA) is 71.1 Å². The van der Waals surface area contributed by atoms with E-state index in [2.05, 4.69) is 22.9 Å². The van der Waals surface area contributed by atoms with Crippen LogP contribution in [0.4, 0.5) is 0 Å². The molecular weight excluding hydrogens is 423 g/mol. The summed E-state index contributed by atoms with van der Waals surface area (Å²) in [5.74, 6) is -0.406. The van der Waals surface area contributed by atoms with Crippen LogP contribution in [0.25, 0.3) is 0 Å². The molecule has 0 saturated carbocycles. The van der Waals surface area contributed by atoms with Gasteiger partial charge >= 0.3 is 13.8 Å². The van der Waals surface area contributed by atoms with Gasteiger partial charge in [0.25, 0.3) is 0 Å². The van der Waals surface area contributed by atoms with Crippen LogP contribution < -0.4 is 0 Å². The van der Waals surface area contributed by atoms with Crippen molar-refractivity contribution in [1.82, 2.24) is 0 Å². The minimum absolute atomic E-state index is 0.0167. The highest BCUT2D eigenvalue weighted by atomic mass is 79.9. The maximum atomic E-state index is 12.4. The van der Waals surface area contributed by atoms with E-state index in [1.54, 1.807) is 0 Å². The minimum Gasteiger partial charge on any atom is -0.463 e. The van der Waals surface area contributed by atoms with Crippen molar-refractivity contribution in [3.05, 3.63) is 0 Å². The zero-order valence-corrected chi connectivity index (χ0v) is 18.9. The molecule has 156 valence electrons. The van der Waals surface area contributed by atoms with Gasteiger partial charge in [0.05, 0.1) is 19.8 Å². The Hall–Kier alpha value is 0.0600. The molecule has 26 heavy (non-hydrogen) atoms. The molecule has 0 heterocycles. The molecule has 0 radical (unpaired) electrons. The van der Waals surface area contributed by atoms with Crippen LogP contribution in [0, 0.1) is 0 Å². The van der Waals surface area contributed by atoms with E-state index < -0.39 is 13.8 Å². The SMILES string of the molecule is CCCCCCCCCCCCOP(=O)(OCCBr)OCCOC(C)=O. The number of carbonyl (C=O) groups is 1. The van der Waals surface area contributed by atoms with Crippen molar-refractivity contribution < 1.29 is 27.7 Å². The molecule has 0 aromatic rings. The number of phosphoric acid groups is 1. The van der Waals surface area contributed by atoms with Gasteiger partial charge in [0.1, 0.15) is 6.61 Å². The number of hydrogen-bond donors (Lipinski definition) is 0. The average Bonchev–Trinajstić information content (AvgIpc) is 2.62. The first kappa shape index (κ1) is 26.1. The molecule has 0 saturated heterocycles. The van der Waals surface area contributed by atoms with E-state index in [4.69, 9.17) is 18.3 Å². The van der Waals surface area contributed by atoms with Crippen molar-refractivity contribution >= 4 is 29.7 Å². The van der Waals surface area contributed by atoms with E-state index in [-0.39, 0.29) is 19.8 Å². The standard InChI is InChI=1S/C18H36BrO6P/c1-3-4-5-6-7-8-9-10-11-12-14-23-26(21,24-15-13-19)25-17-16-22-18(2)20/h3-17H2,1-2H3. The van der Waals surface area contributed by atoms with Gasteiger partial charge in [-0.2, -0.15) is 0 Å². The fraction of sp³-hybridized carbons (Fsp3) is 0.944. The van der Waals surface area contributed by atoms with Crippen LogP contribution in [0.1, 0.15) is 78.1 Å². The lowest BCUT2D eigenvalue weighted by Gasteiger charge is -2.17. The number of ether oxygens (including phenoxy) is 1. The summed E-state index contributed by atoms with van der Waals surface area (Å²) in [5, 5.41) is 0.534. The van der Waals surface area contributed by atoms with Gasteiger partial charge in [-0.1, -0.05) is 80.6 Å². The Morgan fingerprint density at radius 2 is 1.27 bits per heavy atom. The molecule has 8 heteroatoms. The number of alkyl halides is 1. The summed E-state index contributed by atoms with van der Waals surface area (Å²) < 4.78 is 32.9. The number of rotatable bonds is 19. The molecule has 0 spiro atoms. The molecule has 0 bridgehead atoms. The smallest absolute Gasteiger partial charge is 0.463 e. The number of esters is 1. The zero-order chi connectivity index (χ0) is 19.5. The van der Waals surface area contributed by atoms with E-state index in [1.165, 1.54) is 51.9 Å². The highest BCUT2D eigenvalue weighted by Crippen LogP contribution is 2.49. The third-order valence-electron chi connectivity index (χ3n) is 3.71. The largest absolute Gasteiger partial charge is 0.474 e. The van der Waals surface area contributed by atoms with Crippen LogP contribution in [0.3, 0.4) is 0 Å². The fourth-order valence-electron chi connectivity index (χ4n) is 2.36. The molecule has 0 aromatic carbocycles. The van der Waals surface area contributed by atoms with Crippen LogP contribution in [-0.4, -0.2) is 37.7 Å². The molecule has 1 atom stereocenters. The van der Waals surface area contributed by atoms with Crippen LogP contribution >= 0.6 is 23.8 Å². The van der Waals surface area contributed by atoms with E-state index in [1.807, 2.05) is 0 Å². The number of hydrogen-bond acceptors (Lipinski definition) is 6. The van der Waals surface area contributed by atoms with Crippen molar-refractivity contribution in [2.75, 3.05) is 31.8 Å². The molecule has 0 N–H and O–H groups in total. The second-order valence-electron chi connectivity index (χ2n) is 6.16. The number of halogens is 1. The molecule has 0 aliphatic carbocycles. The number of phosphoric ester groups is 1. The maximum Gasteiger partial charge on any atom is 0.474 e. The van der Waals surface area contributed by atoms with Gasteiger partial charge in [0.2, 0.25) is 0 Å². The normalized spacial score (nSPS) is 13.5. The summed E-state index contributed by atoms with van der Waals surface area (Å²) in [6.45, 7) is 4.11. The van der Waals surface area contributed by atoms with E-state index in [0.29, 0.717) is 11.9 Å². The molecule has 0 aliphatic heterocycles. The van der Waals surface area contributed by atoms with E-state index in [0.717, 1.165) is 19.3 Å². The summed E-state index contributed by atoms with van der Waals surface area (Å²) in [7, 11) is -3.59. The van der Waals surface area contributed by atoms with Gasteiger partial charge in [-0.15, -0.1) is 0 Å². The van der Waals surface area contributed by atoms with Crippen molar-refractivity contribution in [2.24, 2.45) is 0 Å². The first-order valence-corrected chi connectivity index (χ1v) is 12.3. The van der Waals surface area contributed by atoms with E-state index in [9.17, 15) is 9.36 Å². The third kappa shape index (κ3) is 17.5. The quantitative estimate of drug-likeness (QED) is 0.102. The summed E-state index contributed by atoms with van der Waals surface area (Å²) in [6.07, 6.45) is 12.2. The lowest BCUT2D eigenvalue weighted by atomic mass is 10.1. The third-order valence-corrected chi connectivity index (χ3v) is 5.53. The molecule has 6 nitrogen and oxygen atoms in total. The molecule has 0 amide bonds. The Morgan fingerprint density at radius 1 is 0.769 bits per heavy atom. The van der Waals surface area contributed by atoms with Crippen molar-refractivity contribution in [3.63, 3.8) is 0 Å². The van der Waals surface area contributed by atoms with Gasteiger partial charge in [-0.25, -0.2) is 4.57 Å². The Kier molecular flexibility index (Phi) is 18.5. The lowest BCUT2D eigenvalue weighted by Crippen LogP contribution is -2.10. The number of unbranched alkanes of at least 4 members (excludes halogenated alkanes) is 9. The van der Waals surface area contributed by atoms with Gasteiger partial charge in [-0.3, -0.25) is 18.4 Å². The van der Waals surface area contributed by atoms with Crippen LogP contribution in [0.2, 0.25) is 0 Å². The predicted molar refractivity (Wildman–Crippen MR) is 108 cm³/mol. The van der Waals surface area contributed by atoms with E-state index >= 15 is 0 Å². The molecule has 1 unspecified atom stereocenters. The second-order valence-corrected chi connectivity index (χ2v) is 8.62. The maximum absolute atomic E-state index is 12.4. The van der Waals surface area contributed by atoms with Crippen LogP contribution in [0.15, 0.2) is 0 Å². The van der Waals surface area contributed by atoms with Crippen molar-refractivity contribution in [1.29, 1.82) is 0 Å². The average molecular weight is 459 g/mol. The summed E-state index contributed by atoms with van der Waals surface area (Å²) in [5.41, 5.74) is 0. The zero-order valence-electron chi connectivity index (χ0n) is 16.4. The minimum atomic E-state index is -3.59. The van der Waals surface area contributed by atoms with Gasteiger partial charge in [-0.05, 0) is 6.42 Å². The summed E-state index contributed by atoms with van der Waals surface area (Å²) in [6, 6.07) is 0. The molecular formula is C18H36BrO6P. The van der Waals surface area contributed by atoms with Crippen LogP contribution in [-0.2, 0) is 27.7 Å². The Bertz CT molecular complexity index is 381. The Labute approximate surface area is 167 Å². The summed E-state index contributed by atoms with van der Waals surface area (Å²) >= 11 is 3.21. The molecule has 0 rings (SSSR count). The van der Waals surface area contributed by atoms with Gasteiger partial charge < -0.3 is 4.74 Å². The molecule has 0 aromatic heterocycles. The highest BCUT2D eigenvalue weighted by Gasteiger charge is 2.26. The Morgan fingerprint density at radius 3 is 1.81 bits per heavy atom. The predicted octanol–water partition coefficient (Wildman–Crippen LogP) is 6.02. The second kappa shape index (κ2) is 18.4. The number of carbonyl (C=O) groups excluding carboxylic acids is 1. The Balaban J connectivity index is 3.75. The van der Waals surface area contributed by atoms with Gasteiger partial charge in [0, 0.05) is 12.3 Å². The fourth-order valence-corrected chi connectivity index (χ4v) is 3.96. The summed E-state index contributed by atoms with van der Waals surface area (Å²) in [4.78, 5) is 10.7. The highest BCUT2D eigenvalue weighted by molar-refractivity contribution is 9.09. The molecule has 0 aliphatic rings.